The van der Waals surface area contributed by atoms with Crippen LogP contribution in [0.4, 0.5) is 4.79 Å². The van der Waals surface area contributed by atoms with Gasteiger partial charge in [-0.2, -0.15) is 11.8 Å². The first-order valence-electron chi connectivity index (χ1n) is 7.98. The first kappa shape index (κ1) is 19.1. The van der Waals surface area contributed by atoms with Crippen LogP contribution in [0.3, 0.4) is 0 Å². The number of carbonyl (C=O) groups excluding carboxylic acids is 2. The lowest BCUT2D eigenvalue weighted by Gasteiger charge is -2.28. The SMILES string of the molecule is CSCCn1c(=O)n(C(=O)N[C@H](C(N)=O)C(C)(C)C)c2ccccc21. The maximum atomic E-state index is 12.8. The monoisotopic (exact) mass is 364 g/mol. The molecule has 0 bridgehead atoms. The molecule has 8 heteroatoms. The van der Waals surface area contributed by atoms with E-state index in [0.717, 1.165) is 10.3 Å². The number of nitrogens with zero attached hydrogens (tertiary/aromatic N) is 2. The number of aryl methyl sites for hydroxylation is 1. The molecule has 0 saturated carbocycles. The van der Waals surface area contributed by atoms with Crippen molar-refractivity contribution < 1.29 is 9.59 Å². The molecule has 0 aliphatic carbocycles. The molecule has 0 spiro atoms. The summed E-state index contributed by atoms with van der Waals surface area (Å²) in [7, 11) is 0. The number of para-hydroxylation sites is 2. The molecule has 0 saturated heterocycles. The third kappa shape index (κ3) is 3.89. The second-order valence-corrected chi connectivity index (χ2v) is 7.89. The van der Waals surface area contributed by atoms with Crippen LogP contribution in [0.1, 0.15) is 20.8 Å². The van der Waals surface area contributed by atoms with E-state index in [0.29, 0.717) is 17.6 Å². The average Bonchev–Trinajstić information content (AvgIpc) is 2.80. The van der Waals surface area contributed by atoms with Gasteiger partial charge in [-0.3, -0.25) is 9.36 Å². The van der Waals surface area contributed by atoms with Crippen LogP contribution in [-0.2, 0) is 11.3 Å². The van der Waals surface area contributed by atoms with Crippen molar-refractivity contribution in [2.45, 2.75) is 33.4 Å². The molecule has 1 aromatic carbocycles. The number of nitrogens with two attached hydrogens (primary N) is 1. The van der Waals surface area contributed by atoms with E-state index < -0.39 is 29.1 Å². The second kappa shape index (κ2) is 7.35. The highest BCUT2D eigenvalue weighted by Gasteiger charge is 2.32. The van der Waals surface area contributed by atoms with Crippen LogP contribution in [0.15, 0.2) is 29.1 Å². The molecular formula is C17H24N4O3S. The van der Waals surface area contributed by atoms with Crippen LogP contribution < -0.4 is 16.7 Å². The summed E-state index contributed by atoms with van der Waals surface area (Å²) in [6.45, 7) is 5.90. The maximum absolute atomic E-state index is 12.8. The van der Waals surface area contributed by atoms with Gasteiger partial charge in [0.15, 0.2) is 0 Å². The molecule has 0 radical (unpaired) electrons. The number of carbonyl (C=O) groups is 2. The fourth-order valence-electron chi connectivity index (χ4n) is 2.71. The van der Waals surface area contributed by atoms with Crippen molar-refractivity contribution in [3.63, 3.8) is 0 Å². The zero-order chi connectivity index (χ0) is 18.8. The molecule has 136 valence electrons. The lowest BCUT2D eigenvalue weighted by molar-refractivity contribution is -0.122. The maximum Gasteiger partial charge on any atom is 0.337 e. The summed E-state index contributed by atoms with van der Waals surface area (Å²) >= 11 is 1.62. The normalized spacial score (nSPS) is 13.0. The lowest BCUT2D eigenvalue weighted by Crippen LogP contribution is -2.54. The lowest BCUT2D eigenvalue weighted by atomic mass is 9.86. The number of hydrogen-bond acceptors (Lipinski definition) is 4. The van der Waals surface area contributed by atoms with Crippen LogP contribution in [-0.4, -0.2) is 39.1 Å². The highest BCUT2D eigenvalue weighted by atomic mass is 32.2. The predicted octanol–water partition coefficient (Wildman–Crippen LogP) is 1.62. The molecule has 1 atom stereocenters. The number of amides is 2. The Bertz CT molecular complexity index is 848. The molecule has 1 heterocycles. The summed E-state index contributed by atoms with van der Waals surface area (Å²) in [6, 6.07) is 5.56. The Balaban J connectivity index is 2.50. The minimum atomic E-state index is -0.889. The van der Waals surface area contributed by atoms with Gasteiger partial charge in [0.05, 0.1) is 11.0 Å². The van der Waals surface area contributed by atoms with Gasteiger partial charge in [-0.05, 0) is 23.8 Å². The zero-order valence-electron chi connectivity index (χ0n) is 14.9. The van der Waals surface area contributed by atoms with Crippen molar-refractivity contribution in [3.05, 3.63) is 34.7 Å². The molecule has 2 rings (SSSR count). The fraction of sp³-hybridized carbons (Fsp3) is 0.471. The average molecular weight is 364 g/mol. The molecule has 25 heavy (non-hydrogen) atoms. The number of nitrogens with one attached hydrogen (secondary N) is 1. The van der Waals surface area contributed by atoms with Gasteiger partial charge in [0.25, 0.3) is 0 Å². The molecule has 0 fully saturated rings. The molecule has 0 unspecified atom stereocenters. The smallest absolute Gasteiger partial charge is 0.337 e. The van der Waals surface area contributed by atoms with Crippen molar-refractivity contribution in [1.82, 2.24) is 14.5 Å². The first-order chi connectivity index (χ1) is 11.7. The molecule has 1 aromatic heterocycles. The number of hydrogen-bond donors (Lipinski definition) is 2. The Hall–Kier alpha value is -2.22. The van der Waals surface area contributed by atoms with E-state index in [2.05, 4.69) is 5.32 Å². The Kier molecular flexibility index (Phi) is 5.62. The summed E-state index contributed by atoms with van der Waals surface area (Å²) in [5.74, 6) is 0.113. The van der Waals surface area contributed by atoms with Gasteiger partial charge < -0.3 is 11.1 Å². The zero-order valence-corrected chi connectivity index (χ0v) is 15.7. The molecule has 7 nitrogen and oxygen atoms in total. The Morgan fingerprint density at radius 3 is 2.36 bits per heavy atom. The van der Waals surface area contributed by atoms with Crippen LogP contribution in [0.5, 0.6) is 0 Å². The number of fused-ring (bicyclic) bond motifs is 1. The van der Waals surface area contributed by atoms with E-state index in [1.54, 1.807) is 55.3 Å². The van der Waals surface area contributed by atoms with E-state index in [4.69, 9.17) is 5.73 Å². The Morgan fingerprint density at radius 2 is 1.84 bits per heavy atom. The number of benzene rings is 1. The largest absolute Gasteiger partial charge is 0.368 e. The third-order valence-corrected chi connectivity index (χ3v) is 4.57. The fourth-order valence-corrected chi connectivity index (χ4v) is 3.07. The van der Waals surface area contributed by atoms with E-state index in [-0.39, 0.29) is 0 Å². The molecule has 2 amide bonds. The van der Waals surface area contributed by atoms with Crippen LogP contribution >= 0.6 is 11.8 Å². The van der Waals surface area contributed by atoms with E-state index >= 15 is 0 Å². The predicted molar refractivity (Wildman–Crippen MR) is 101 cm³/mol. The molecular weight excluding hydrogens is 340 g/mol. The van der Waals surface area contributed by atoms with E-state index in [9.17, 15) is 14.4 Å². The Morgan fingerprint density at radius 1 is 1.24 bits per heavy atom. The van der Waals surface area contributed by atoms with Crippen LogP contribution in [0.25, 0.3) is 11.0 Å². The van der Waals surface area contributed by atoms with Crippen molar-refractivity contribution in [2.75, 3.05) is 12.0 Å². The number of rotatable bonds is 5. The van der Waals surface area contributed by atoms with Crippen molar-refractivity contribution in [3.8, 4) is 0 Å². The van der Waals surface area contributed by atoms with Gasteiger partial charge in [0.2, 0.25) is 5.91 Å². The minimum absolute atomic E-state index is 0.426. The van der Waals surface area contributed by atoms with Gasteiger partial charge in [-0.25, -0.2) is 14.2 Å². The third-order valence-electron chi connectivity index (χ3n) is 3.98. The minimum Gasteiger partial charge on any atom is -0.368 e. The molecule has 3 N–H and O–H groups in total. The number of imidazole rings is 1. The van der Waals surface area contributed by atoms with Gasteiger partial charge in [0.1, 0.15) is 6.04 Å². The highest BCUT2D eigenvalue weighted by molar-refractivity contribution is 7.98. The molecule has 0 aliphatic heterocycles. The number of thioether (sulfide) groups is 1. The van der Waals surface area contributed by atoms with Gasteiger partial charge in [0, 0.05) is 12.3 Å². The van der Waals surface area contributed by atoms with Gasteiger partial charge in [-0.15, -0.1) is 0 Å². The van der Waals surface area contributed by atoms with E-state index in [1.807, 2.05) is 12.3 Å². The van der Waals surface area contributed by atoms with Crippen molar-refractivity contribution >= 4 is 34.7 Å². The first-order valence-corrected chi connectivity index (χ1v) is 9.37. The molecule has 2 aromatic rings. The van der Waals surface area contributed by atoms with Crippen molar-refractivity contribution in [1.29, 1.82) is 0 Å². The Labute approximate surface area is 150 Å². The number of primary amides is 1. The quantitative estimate of drug-likeness (QED) is 0.842. The van der Waals surface area contributed by atoms with Crippen LogP contribution in [0.2, 0.25) is 0 Å². The van der Waals surface area contributed by atoms with E-state index in [1.165, 1.54) is 0 Å². The summed E-state index contributed by atoms with van der Waals surface area (Å²) in [5.41, 5.74) is 5.62. The molecule has 0 aliphatic rings. The summed E-state index contributed by atoms with van der Waals surface area (Å²) in [5, 5.41) is 2.61. The van der Waals surface area contributed by atoms with Gasteiger partial charge in [-0.1, -0.05) is 32.9 Å². The van der Waals surface area contributed by atoms with Crippen LogP contribution in [0, 0.1) is 5.41 Å². The summed E-state index contributed by atoms with van der Waals surface area (Å²) in [6.07, 6.45) is 1.96. The standard InChI is InChI=1S/C17H24N4O3S/c1-17(2,3)13(14(18)22)19-15(23)21-12-8-6-5-7-11(12)20(16(21)24)9-10-25-4/h5-8,13H,9-10H2,1-4H3,(H2,18,22)(H,19,23)/t13-/m1/s1. The van der Waals surface area contributed by atoms with Gasteiger partial charge >= 0.3 is 11.7 Å². The topological polar surface area (TPSA) is 99.1 Å². The second-order valence-electron chi connectivity index (χ2n) is 6.90. The summed E-state index contributed by atoms with van der Waals surface area (Å²) in [4.78, 5) is 37.3. The highest BCUT2D eigenvalue weighted by Crippen LogP contribution is 2.20. The number of aromatic nitrogens is 2. The van der Waals surface area contributed by atoms with Crippen molar-refractivity contribution in [2.24, 2.45) is 11.1 Å². The summed E-state index contributed by atoms with van der Waals surface area (Å²) < 4.78 is 2.64.